The van der Waals surface area contributed by atoms with Gasteiger partial charge >= 0.3 is 0 Å². The first-order valence-corrected chi connectivity index (χ1v) is 13.3. The fourth-order valence-corrected chi connectivity index (χ4v) is 6.07. The Morgan fingerprint density at radius 3 is 2.67 bits per heavy atom. The van der Waals surface area contributed by atoms with E-state index in [1.165, 1.54) is 22.5 Å². The van der Waals surface area contributed by atoms with E-state index in [2.05, 4.69) is 10.3 Å². The Labute approximate surface area is 202 Å². The smallest absolute Gasteiger partial charge is 0.262 e. The minimum atomic E-state index is -3.59. The molecule has 1 aromatic heterocycles. The molecule has 10 heteroatoms. The number of carbonyl (C=O) groups is 1. The number of ether oxygens (including phenoxy) is 1. The fourth-order valence-electron chi connectivity index (χ4n) is 3.61. The van der Waals surface area contributed by atoms with Gasteiger partial charge in [-0.05, 0) is 50.1 Å². The number of benzene rings is 2. The van der Waals surface area contributed by atoms with Crippen LogP contribution in [-0.4, -0.2) is 43.3 Å². The quantitative estimate of drug-likeness (QED) is 0.490. The molecule has 1 N–H and O–H groups in total. The van der Waals surface area contributed by atoms with Crippen molar-refractivity contribution in [2.45, 2.75) is 31.1 Å². The number of rotatable bonds is 7. The van der Waals surface area contributed by atoms with Gasteiger partial charge in [-0.2, -0.15) is 4.31 Å². The van der Waals surface area contributed by atoms with Gasteiger partial charge < -0.3 is 10.1 Å². The molecule has 1 amide bonds. The van der Waals surface area contributed by atoms with Crippen LogP contribution in [0, 0.1) is 6.92 Å². The van der Waals surface area contributed by atoms with E-state index in [1.807, 2.05) is 30.5 Å². The first-order chi connectivity index (χ1) is 15.8. The zero-order chi connectivity index (χ0) is 23.4. The van der Waals surface area contributed by atoms with Gasteiger partial charge in [-0.1, -0.05) is 30.2 Å². The number of nitrogens with one attached hydrogen (secondary N) is 1. The number of hydrogen-bond acceptors (Lipinski definition) is 6. The minimum Gasteiger partial charge on any atom is -0.482 e. The van der Waals surface area contributed by atoms with Gasteiger partial charge in [0.05, 0.1) is 20.6 Å². The highest BCUT2D eigenvalue weighted by molar-refractivity contribution is 7.89. The predicted octanol–water partition coefficient (Wildman–Crippen LogP) is 4.96. The second-order valence-electron chi connectivity index (χ2n) is 7.73. The largest absolute Gasteiger partial charge is 0.482 e. The maximum Gasteiger partial charge on any atom is 0.262 e. The average Bonchev–Trinajstić information content (AvgIpc) is 3.25. The summed E-state index contributed by atoms with van der Waals surface area (Å²) in [6, 6.07) is 11.7. The maximum atomic E-state index is 12.8. The molecule has 7 nitrogen and oxygen atoms in total. The van der Waals surface area contributed by atoms with Crippen molar-refractivity contribution in [1.82, 2.24) is 9.29 Å². The van der Waals surface area contributed by atoms with E-state index in [0.29, 0.717) is 18.8 Å². The highest BCUT2D eigenvalue weighted by Crippen LogP contribution is 2.30. The van der Waals surface area contributed by atoms with E-state index in [4.69, 9.17) is 16.3 Å². The van der Waals surface area contributed by atoms with Crippen LogP contribution in [0.3, 0.4) is 0 Å². The number of anilines is 1. The van der Waals surface area contributed by atoms with Crippen molar-refractivity contribution < 1.29 is 17.9 Å². The summed E-state index contributed by atoms with van der Waals surface area (Å²) in [5.41, 5.74) is 2.39. The van der Waals surface area contributed by atoms with Crippen LogP contribution in [0.4, 0.5) is 5.69 Å². The number of piperidine rings is 1. The third-order valence-corrected chi connectivity index (χ3v) is 8.24. The molecule has 2 heterocycles. The third kappa shape index (κ3) is 5.73. The molecular formula is C23H24ClN3O4S2. The minimum absolute atomic E-state index is 0.125. The second-order valence-corrected chi connectivity index (χ2v) is 11.1. The van der Waals surface area contributed by atoms with E-state index in [9.17, 15) is 13.2 Å². The van der Waals surface area contributed by atoms with Gasteiger partial charge in [-0.15, -0.1) is 11.3 Å². The molecule has 1 saturated heterocycles. The van der Waals surface area contributed by atoms with E-state index in [0.717, 1.165) is 35.5 Å². The van der Waals surface area contributed by atoms with Crippen molar-refractivity contribution in [3.8, 4) is 17.0 Å². The fraction of sp³-hybridized carbons (Fsp3) is 0.304. The Kier molecular flexibility index (Phi) is 7.33. The molecular weight excluding hydrogens is 482 g/mol. The molecule has 4 rings (SSSR count). The van der Waals surface area contributed by atoms with Crippen LogP contribution in [-0.2, 0) is 14.8 Å². The van der Waals surface area contributed by atoms with Crippen LogP contribution in [0.25, 0.3) is 11.3 Å². The number of aryl methyl sites for hydroxylation is 1. The molecule has 1 aliphatic rings. The summed E-state index contributed by atoms with van der Waals surface area (Å²) in [6.07, 6.45) is 2.75. The van der Waals surface area contributed by atoms with Crippen molar-refractivity contribution in [1.29, 1.82) is 0 Å². The number of halogens is 1. The Morgan fingerprint density at radius 2 is 1.97 bits per heavy atom. The number of sulfonamides is 1. The van der Waals surface area contributed by atoms with Crippen molar-refractivity contribution in [2.75, 3.05) is 25.0 Å². The number of thiazole rings is 1. The molecule has 174 valence electrons. The van der Waals surface area contributed by atoms with Gasteiger partial charge in [0, 0.05) is 29.7 Å². The van der Waals surface area contributed by atoms with Crippen LogP contribution in [0.15, 0.2) is 52.7 Å². The van der Waals surface area contributed by atoms with Crippen molar-refractivity contribution >= 4 is 44.6 Å². The van der Waals surface area contributed by atoms with E-state index >= 15 is 0 Å². The number of amides is 1. The lowest BCUT2D eigenvalue weighted by atomic mass is 10.1. The lowest BCUT2D eigenvalue weighted by molar-refractivity contribution is -0.118. The van der Waals surface area contributed by atoms with Crippen molar-refractivity contribution in [3.63, 3.8) is 0 Å². The normalized spacial score (nSPS) is 14.7. The zero-order valence-corrected chi connectivity index (χ0v) is 20.5. The molecule has 0 radical (unpaired) electrons. The lowest BCUT2D eigenvalue weighted by Crippen LogP contribution is -2.35. The first kappa shape index (κ1) is 23.7. The van der Waals surface area contributed by atoms with Crippen molar-refractivity contribution in [3.05, 3.63) is 57.9 Å². The Morgan fingerprint density at radius 1 is 1.18 bits per heavy atom. The Balaban J connectivity index is 1.38. The molecule has 3 aromatic rings. The van der Waals surface area contributed by atoms with Gasteiger partial charge in [0.25, 0.3) is 5.91 Å². The average molecular weight is 506 g/mol. The third-order valence-electron chi connectivity index (χ3n) is 5.28. The first-order valence-electron chi connectivity index (χ1n) is 10.6. The Hall–Kier alpha value is -2.46. The van der Waals surface area contributed by atoms with Gasteiger partial charge in [-0.3, -0.25) is 4.79 Å². The summed E-state index contributed by atoms with van der Waals surface area (Å²) >= 11 is 7.83. The van der Waals surface area contributed by atoms with Crippen LogP contribution >= 0.6 is 22.9 Å². The van der Waals surface area contributed by atoms with Crippen LogP contribution in [0.1, 0.15) is 24.3 Å². The van der Waals surface area contributed by atoms with Crippen LogP contribution < -0.4 is 10.1 Å². The summed E-state index contributed by atoms with van der Waals surface area (Å²) in [4.78, 5) is 17.0. The molecule has 0 bridgehead atoms. The SMILES string of the molecule is Cc1nc(-c2cccc(NC(=O)COc3ccc(S(=O)(=O)N4CCCCC4)cc3Cl)c2)cs1. The summed E-state index contributed by atoms with van der Waals surface area (Å²) in [5.74, 6) is -0.112. The number of carbonyl (C=O) groups excluding carboxylic acids is 1. The van der Waals surface area contributed by atoms with Crippen molar-refractivity contribution in [2.24, 2.45) is 0 Å². The highest BCUT2D eigenvalue weighted by atomic mass is 35.5. The molecule has 0 spiro atoms. The van der Waals surface area contributed by atoms with E-state index in [1.54, 1.807) is 17.4 Å². The number of nitrogens with zero attached hydrogens (tertiary/aromatic N) is 2. The Bertz CT molecular complexity index is 1250. The predicted molar refractivity (Wildman–Crippen MR) is 130 cm³/mol. The standard InChI is InChI=1S/C23H24ClN3O4S2/c1-16-25-21(15-32-16)17-6-5-7-18(12-17)26-23(28)14-31-22-9-8-19(13-20(22)24)33(29,30)27-10-3-2-4-11-27/h5-9,12-13,15H,2-4,10-11,14H2,1H3,(H,26,28). The number of hydrogen-bond donors (Lipinski definition) is 1. The van der Waals surface area contributed by atoms with Gasteiger partial charge in [0.15, 0.2) is 6.61 Å². The summed E-state index contributed by atoms with van der Waals surface area (Å²) < 4.78 is 32.6. The monoisotopic (exact) mass is 505 g/mol. The van der Waals surface area contributed by atoms with Crippen LogP contribution in [0.2, 0.25) is 5.02 Å². The summed E-state index contributed by atoms with van der Waals surface area (Å²) in [7, 11) is -3.59. The molecule has 1 aliphatic heterocycles. The zero-order valence-electron chi connectivity index (χ0n) is 18.1. The molecule has 0 aliphatic carbocycles. The van der Waals surface area contributed by atoms with Gasteiger partial charge in [0.1, 0.15) is 5.75 Å². The second kappa shape index (κ2) is 10.2. The van der Waals surface area contributed by atoms with E-state index < -0.39 is 10.0 Å². The summed E-state index contributed by atoms with van der Waals surface area (Å²) in [6.45, 7) is 2.71. The highest BCUT2D eigenvalue weighted by Gasteiger charge is 2.26. The number of aromatic nitrogens is 1. The lowest BCUT2D eigenvalue weighted by Gasteiger charge is -2.26. The molecule has 33 heavy (non-hydrogen) atoms. The van der Waals surface area contributed by atoms with Gasteiger partial charge in [-0.25, -0.2) is 13.4 Å². The maximum absolute atomic E-state index is 12.8. The molecule has 0 unspecified atom stereocenters. The molecule has 1 fully saturated rings. The molecule has 2 aromatic carbocycles. The molecule has 0 atom stereocenters. The topological polar surface area (TPSA) is 88.6 Å². The summed E-state index contributed by atoms with van der Waals surface area (Å²) in [5, 5.41) is 5.87. The van der Waals surface area contributed by atoms with Gasteiger partial charge in [0.2, 0.25) is 10.0 Å². The van der Waals surface area contributed by atoms with E-state index in [-0.39, 0.29) is 28.2 Å². The van der Waals surface area contributed by atoms with Crippen LogP contribution in [0.5, 0.6) is 5.75 Å². The molecule has 0 saturated carbocycles.